The van der Waals surface area contributed by atoms with E-state index in [1.807, 2.05) is 0 Å². The van der Waals surface area contributed by atoms with E-state index in [2.05, 4.69) is 19.8 Å². The second-order valence-corrected chi connectivity index (χ2v) is 7.77. The Morgan fingerprint density at radius 3 is 2.69 bits per heavy atom. The van der Waals surface area contributed by atoms with E-state index in [1.54, 1.807) is 43.3 Å². The summed E-state index contributed by atoms with van der Waals surface area (Å²) in [5, 5.41) is 4.14. The Morgan fingerprint density at radius 2 is 1.96 bits per heavy atom. The number of imidazole rings is 1. The molecule has 26 heavy (non-hydrogen) atoms. The largest absolute Gasteiger partial charge is 0.353 e. The minimum absolute atomic E-state index is 0.0803. The zero-order valence-electron chi connectivity index (χ0n) is 13.5. The third-order valence-electron chi connectivity index (χ3n) is 3.74. The van der Waals surface area contributed by atoms with Crippen LogP contribution in [0.2, 0.25) is 5.02 Å². The zero-order chi connectivity index (χ0) is 18.3. The van der Waals surface area contributed by atoms with Gasteiger partial charge in [0.2, 0.25) is 5.76 Å². The Kier molecular flexibility index (Phi) is 3.93. The number of nitrogens with one attached hydrogen (secondary N) is 2. The Labute approximate surface area is 154 Å². The van der Waals surface area contributed by atoms with Crippen molar-refractivity contribution in [2.45, 2.75) is 11.8 Å². The molecule has 4 rings (SSSR count). The summed E-state index contributed by atoms with van der Waals surface area (Å²) in [4.78, 5) is 7.55. The van der Waals surface area contributed by atoms with Crippen molar-refractivity contribution < 1.29 is 12.9 Å². The summed E-state index contributed by atoms with van der Waals surface area (Å²) in [6.07, 6.45) is 0. The quantitative estimate of drug-likeness (QED) is 0.550. The number of nitrogens with zero attached hydrogens (tertiary/aromatic N) is 2. The molecule has 2 aromatic carbocycles. The number of fused-ring (bicyclic) bond motifs is 1. The number of sulfonamides is 1. The molecule has 9 heteroatoms. The first-order valence-electron chi connectivity index (χ1n) is 7.63. The van der Waals surface area contributed by atoms with E-state index in [4.69, 9.17) is 16.1 Å². The molecule has 0 unspecified atom stereocenters. The maximum absolute atomic E-state index is 12.6. The van der Waals surface area contributed by atoms with Crippen molar-refractivity contribution in [2.24, 2.45) is 0 Å². The molecule has 0 aliphatic rings. The van der Waals surface area contributed by atoms with Crippen LogP contribution in [-0.4, -0.2) is 23.5 Å². The third-order valence-corrected chi connectivity index (χ3v) is 5.44. The number of halogens is 1. The Morgan fingerprint density at radius 1 is 1.15 bits per heavy atom. The number of rotatable bonds is 4. The molecule has 0 atom stereocenters. The Bertz CT molecular complexity index is 1210. The summed E-state index contributed by atoms with van der Waals surface area (Å²) in [5.41, 5.74) is 2.23. The summed E-state index contributed by atoms with van der Waals surface area (Å²) in [7, 11) is -3.80. The predicted octanol–water partition coefficient (Wildman–Crippen LogP) is 3.98. The second-order valence-electron chi connectivity index (χ2n) is 5.68. The van der Waals surface area contributed by atoms with Crippen LogP contribution in [-0.2, 0) is 10.0 Å². The van der Waals surface area contributed by atoms with Gasteiger partial charge in [0.25, 0.3) is 10.0 Å². The number of H-pyrrole nitrogens is 1. The molecular formula is C17H13ClN4O3S. The third kappa shape index (κ3) is 3.04. The number of hydrogen-bond acceptors (Lipinski definition) is 5. The number of benzene rings is 2. The molecule has 0 radical (unpaired) electrons. The average molecular weight is 389 g/mol. The zero-order valence-corrected chi connectivity index (χ0v) is 15.1. The van der Waals surface area contributed by atoms with Gasteiger partial charge in [-0.15, -0.1) is 0 Å². The van der Waals surface area contributed by atoms with E-state index in [0.29, 0.717) is 33.3 Å². The lowest BCUT2D eigenvalue weighted by Crippen LogP contribution is -2.13. The van der Waals surface area contributed by atoms with Gasteiger partial charge in [-0.1, -0.05) is 28.9 Å². The summed E-state index contributed by atoms with van der Waals surface area (Å²) in [6.45, 7) is 1.81. The lowest BCUT2D eigenvalue weighted by molar-refractivity contribution is 0.425. The standard InChI is InChI=1S/C17H13ClN4O3S/c1-10-8-16(25-21-10)17-19-14-7-6-11(9-15(14)20-17)26(23,24)22-13-5-3-2-4-12(13)18/h2-9,22H,1H3,(H,19,20). The molecule has 7 nitrogen and oxygen atoms in total. The van der Waals surface area contributed by atoms with Crippen molar-refractivity contribution >= 4 is 38.3 Å². The molecule has 0 saturated carbocycles. The van der Waals surface area contributed by atoms with Gasteiger partial charge in [-0.2, -0.15) is 0 Å². The van der Waals surface area contributed by atoms with Crippen molar-refractivity contribution in [3.63, 3.8) is 0 Å². The van der Waals surface area contributed by atoms with Gasteiger partial charge in [0.05, 0.1) is 32.3 Å². The van der Waals surface area contributed by atoms with Crippen LogP contribution < -0.4 is 4.72 Å². The summed E-state index contributed by atoms with van der Waals surface area (Å²) >= 11 is 6.03. The molecule has 0 spiro atoms. The number of aryl methyl sites for hydroxylation is 1. The molecule has 0 bridgehead atoms. The van der Waals surface area contributed by atoms with E-state index in [0.717, 1.165) is 5.69 Å². The molecule has 2 N–H and O–H groups in total. The first-order valence-corrected chi connectivity index (χ1v) is 9.49. The summed E-state index contributed by atoms with van der Waals surface area (Å²) in [5.74, 6) is 0.964. The van der Waals surface area contributed by atoms with Gasteiger partial charge in [0.1, 0.15) is 0 Å². The molecule has 0 aliphatic carbocycles. The van der Waals surface area contributed by atoms with Crippen molar-refractivity contribution in [3.05, 3.63) is 59.2 Å². The van der Waals surface area contributed by atoms with Gasteiger partial charge >= 0.3 is 0 Å². The first kappa shape index (κ1) is 16.6. The second kappa shape index (κ2) is 6.15. The molecule has 4 aromatic rings. The Balaban J connectivity index is 1.71. The van der Waals surface area contributed by atoms with Gasteiger partial charge < -0.3 is 9.51 Å². The van der Waals surface area contributed by atoms with Crippen LogP contribution in [0, 0.1) is 6.92 Å². The van der Waals surface area contributed by atoms with Crippen LogP contribution in [0.15, 0.2) is 57.9 Å². The fraction of sp³-hybridized carbons (Fsp3) is 0.0588. The fourth-order valence-corrected chi connectivity index (χ4v) is 3.83. The first-order chi connectivity index (χ1) is 12.4. The minimum Gasteiger partial charge on any atom is -0.353 e. The van der Waals surface area contributed by atoms with Crippen LogP contribution in [0.4, 0.5) is 5.69 Å². The van der Waals surface area contributed by atoms with Crippen molar-refractivity contribution in [1.82, 2.24) is 15.1 Å². The van der Waals surface area contributed by atoms with Crippen molar-refractivity contribution in [2.75, 3.05) is 4.72 Å². The molecule has 132 valence electrons. The van der Waals surface area contributed by atoms with Crippen LogP contribution in [0.3, 0.4) is 0 Å². The monoisotopic (exact) mass is 388 g/mol. The maximum Gasteiger partial charge on any atom is 0.262 e. The highest BCUT2D eigenvalue weighted by Gasteiger charge is 2.18. The van der Waals surface area contributed by atoms with Gasteiger partial charge in [-0.25, -0.2) is 13.4 Å². The van der Waals surface area contributed by atoms with Crippen molar-refractivity contribution in [3.8, 4) is 11.6 Å². The topological polar surface area (TPSA) is 101 Å². The molecule has 2 heterocycles. The molecule has 0 amide bonds. The summed E-state index contributed by atoms with van der Waals surface area (Å²) < 4.78 is 32.9. The summed E-state index contributed by atoms with van der Waals surface area (Å²) in [6, 6.07) is 13.0. The lowest BCUT2D eigenvalue weighted by Gasteiger charge is -2.09. The molecule has 0 fully saturated rings. The van der Waals surface area contributed by atoms with Gasteiger partial charge in [0, 0.05) is 6.07 Å². The van der Waals surface area contributed by atoms with Crippen LogP contribution in [0.5, 0.6) is 0 Å². The lowest BCUT2D eigenvalue weighted by atomic mass is 10.3. The fourth-order valence-electron chi connectivity index (χ4n) is 2.49. The number of hydrogen-bond donors (Lipinski definition) is 2. The van der Waals surface area contributed by atoms with E-state index >= 15 is 0 Å². The average Bonchev–Trinajstić information content (AvgIpc) is 3.22. The van der Waals surface area contributed by atoms with Crippen LogP contribution in [0.25, 0.3) is 22.6 Å². The van der Waals surface area contributed by atoms with E-state index in [9.17, 15) is 8.42 Å². The predicted molar refractivity (Wildman–Crippen MR) is 98.6 cm³/mol. The van der Waals surface area contributed by atoms with E-state index in [1.165, 1.54) is 12.1 Å². The highest BCUT2D eigenvalue weighted by molar-refractivity contribution is 7.92. The number of aromatic amines is 1. The molecular weight excluding hydrogens is 376 g/mol. The van der Waals surface area contributed by atoms with E-state index in [-0.39, 0.29) is 4.90 Å². The number of anilines is 1. The van der Waals surface area contributed by atoms with Gasteiger partial charge in [0.15, 0.2) is 5.82 Å². The SMILES string of the molecule is Cc1cc(-c2nc3cc(S(=O)(=O)Nc4ccccc4Cl)ccc3[nH]2)on1. The highest BCUT2D eigenvalue weighted by atomic mass is 35.5. The highest BCUT2D eigenvalue weighted by Crippen LogP contribution is 2.26. The molecule has 2 aromatic heterocycles. The van der Waals surface area contributed by atoms with Crippen molar-refractivity contribution in [1.29, 1.82) is 0 Å². The number of para-hydroxylation sites is 1. The maximum atomic E-state index is 12.6. The molecule has 0 aliphatic heterocycles. The molecule has 0 saturated heterocycles. The van der Waals surface area contributed by atoms with Crippen LogP contribution in [0.1, 0.15) is 5.69 Å². The van der Waals surface area contributed by atoms with Gasteiger partial charge in [-0.05, 0) is 37.3 Å². The van der Waals surface area contributed by atoms with Crippen LogP contribution >= 0.6 is 11.6 Å². The Hall–Kier alpha value is -2.84. The minimum atomic E-state index is -3.80. The van der Waals surface area contributed by atoms with E-state index < -0.39 is 10.0 Å². The smallest absolute Gasteiger partial charge is 0.262 e. The normalized spacial score (nSPS) is 11.8. The van der Waals surface area contributed by atoms with Gasteiger partial charge in [-0.3, -0.25) is 4.72 Å². The number of aromatic nitrogens is 3.